The average molecular weight is 436 g/mol. The normalized spacial score (nSPS) is 17.2. The zero-order valence-corrected chi connectivity index (χ0v) is 15.7. The van der Waals surface area contributed by atoms with E-state index < -0.39 is 10.7 Å². The number of rotatable bonds is 4. The minimum absolute atomic E-state index is 0.0938. The van der Waals surface area contributed by atoms with Crippen LogP contribution in [0.1, 0.15) is 25.5 Å². The largest absolute Gasteiger partial charge is 0.453 e. The lowest BCUT2D eigenvalue weighted by Gasteiger charge is -2.23. The third kappa shape index (κ3) is 3.52. The Morgan fingerprint density at radius 1 is 1.30 bits per heavy atom. The summed E-state index contributed by atoms with van der Waals surface area (Å²) >= 11 is 3.44. The van der Waals surface area contributed by atoms with Gasteiger partial charge in [-0.1, -0.05) is 0 Å². The topological polar surface area (TPSA) is 79.4 Å². The zero-order valence-electron chi connectivity index (χ0n) is 14.1. The first kappa shape index (κ1) is 17.9. The number of halogens is 2. The molecule has 1 aliphatic rings. The molecule has 7 nitrogen and oxygen atoms in total. The molecule has 1 aliphatic heterocycles. The molecule has 1 saturated heterocycles. The van der Waals surface area contributed by atoms with E-state index in [1.165, 1.54) is 12.1 Å². The van der Waals surface area contributed by atoms with E-state index in [1.807, 2.05) is 10.7 Å². The number of nitro groups is 1. The van der Waals surface area contributed by atoms with Gasteiger partial charge >= 0.3 is 0 Å². The fourth-order valence-corrected chi connectivity index (χ4v) is 3.49. The molecule has 0 amide bonds. The monoisotopic (exact) mass is 435 g/mol. The summed E-state index contributed by atoms with van der Waals surface area (Å²) in [7, 11) is 0. The Kier molecular flexibility index (Phi) is 4.79. The maximum absolute atomic E-state index is 14.1. The van der Waals surface area contributed by atoms with Crippen LogP contribution in [0.4, 0.5) is 10.1 Å². The Labute approximate surface area is 162 Å². The molecule has 1 fully saturated rings. The van der Waals surface area contributed by atoms with Crippen LogP contribution < -0.4 is 4.74 Å². The van der Waals surface area contributed by atoms with Gasteiger partial charge in [0.25, 0.3) is 5.69 Å². The summed E-state index contributed by atoms with van der Waals surface area (Å²) in [5, 5.41) is 16.0. The Morgan fingerprint density at radius 3 is 2.85 bits per heavy atom. The van der Waals surface area contributed by atoms with Crippen molar-refractivity contribution in [2.45, 2.75) is 25.5 Å². The van der Waals surface area contributed by atoms with Gasteiger partial charge in [-0.3, -0.25) is 10.1 Å². The van der Waals surface area contributed by atoms with Gasteiger partial charge in [0.15, 0.2) is 17.8 Å². The zero-order chi connectivity index (χ0) is 19.0. The first-order valence-corrected chi connectivity index (χ1v) is 9.22. The fraction of sp³-hybridized carbons (Fsp3) is 0.278. The minimum atomic E-state index is -0.803. The van der Waals surface area contributed by atoms with E-state index in [0.717, 1.165) is 36.2 Å². The number of hydrogen-bond donors (Lipinski definition) is 0. The SMILES string of the molecule is O=[N+]([O-])c1ccc(Oc2cc3cnn(C4CCCCO4)c3cc2Br)c(F)c1. The number of fused-ring (bicyclic) bond motifs is 1. The molecule has 2 aromatic carbocycles. The Morgan fingerprint density at radius 2 is 2.15 bits per heavy atom. The molecule has 3 aromatic rings. The van der Waals surface area contributed by atoms with Crippen LogP contribution in [0.15, 0.2) is 41.0 Å². The van der Waals surface area contributed by atoms with Crippen molar-refractivity contribution in [1.82, 2.24) is 9.78 Å². The highest BCUT2D eigenvalue weighted by molar-refractivity contribution is 9.10. The van der Waals surface area contributed by atoms with E-state index in [4.69, 9.17) is 9.47 Å². The molecule has 27 heavy (non-hydrogen) atoms. The molecule has 0 radical (unpaired) electrons. The van der Waals surface area contributed by atoms with Crippen LogP contribution in [0, 0.1) is 15.9 Å². The van der Waals surface area contributed by atoms with Gasteiger partial charge in [-0.2, -0.15) is 5.10 Å². The number of aromatic nitrogens is 2. The third-order valence-electron chi connectivity index (χ3n) is 4.42. The maximum Gasteiger partial charge on any atom is 0.272 e. The Bertz CT molecular complexity index is 1020. The van der Waals surface area contributed by atoms with Gasteiger partial charge in [0.2, 0.25) is 0 Å². The number of benzene rings is 2. The summed E-state index contributed by atoms with van der Waals surface area (Å²) in [6.45, 7) is 0.716. The van der Waals surface area contributed by atoms with E-state index in [0.29, 0.717) is 16.8 Å². The summed E-state index contributed by atoms with van der Waals surface area (Å²) in [5.41, 5.74) is 0.549. The fourth-order valence-electron chi connectivity index (χ4n) is 3.08. The second-order valence-corrected chi connectivity index (χ2v) is 7.08. The van der Waals surface area contributed by atoms with Gasteiger partial charge in [0.1, 0.15) is 5.75 Å². The van der Waals surface area contributed by atoms with Crippen molar-refractivity contribution in [3.05, 3.63) is 56.9 Å². The number of hydrogen-bond acceptors (Lipinski definition) is 5. The van der Waals surface area contributed by atoms with E-state index in [1.54, 1.807) is 12.3 Å². The number of nitrogens with zero attached hydrogens (tertiary/aromatic N) is 3. The Balaban J connectivity index is 1.65. The summed E-state index contributed by atoms with van der Waals surface area (Å²) in [5.74, 6) is -0.509. The van der Waals surface area contributed by atoms with Crippen LogP contribution in [0.3, 0.4) is 0 Å². The quantitative estimate of drug-likeness (QED) is 0.408. The summed E-state index contributed by atoms with van der Waals surface area (Å²) < 4.78 is 28.0. The highest BCUT2D eigenvalue weighted by Crippen LogP contribution is 2.36. The average Bonchev–Trinajstić information content (AvgIpc) is 3.06. The maximum atomic E-state index is 14.1. The lowest BCUT2D eigenvalue weighted by Crippen LogP contribution is -2.18. The highest BCUT2D eigenvalue weighted by atomic mass is 79.9. The molecule has 0 bridgehead atoms. The van der Waals surface area contributed by atoms with Gasteiger partial charge in [-0.15, -0.1) is 0 Å². The van der Waals surface area contributed by atoms with Crippen LogP contribution in [0.25, 0.3) is 10.9 Å². The first-order valence-electron chi connectivity index (χ1n) is 8.43. The number of non-ortho nitro benzene ring substituents is 1. The molecule has 1 unspecified atom stereocenters. The van der Waals surface area contributed by atoms with E-state index in [9.17, 15) is 14.5 Å². The van der Waals surface area contributed by atoms with Gasteiger partial charge in [0.05, 0.1) is 27.2 Å². The highest BCUT2D eigenvalue weighted by Gasteiger charge is 2.20. The predicted molar refractivity (Wildman–Crippen MR) is 99.4 cm³/mol. The van der Waals surface area contributed by atoms with Gasteiger partial charge in [-0.25, -0.2) is 9.07 Å². The third-order valence-corrected chi connectivity index (χ3v) is 5.04. The molecule has 0 saturated carbocycles. The van der Waals surface area contributed by atoms with Crippen LogP contribution in [-0.2, 0) is 4.74 Å². The van der Waals surface area contributed by atoms with Crippen molar-refractivity contribution in [2.24, 2.45) is 0 Å². The number of nitro benzene ring substituents is 1. The van der Waals surface area contributed by atoms with Crippen molar-refractivity contribution < 1.29 is 18.8 Å². The lowest BCUT2D eigenvalue weighted by atomic mass is 10.2. The second-order valence-electron chi connectivity index (χ2n) is 6.23. The van der Waals surface area contributed by atoms with Crippen molar-refractivity contribution >= 4 is 32.5 Å². The number of ether oxygens (including phenoxy) is 2. The summed E-state index contributed by atoms with van der Waals surface area (Å²) in [6, 6.07) is 6.86. The van der Waals surface area contributed by atoms with Crippen LogP contribution in [0.5, 0.6) is 11.5 Å². The molecule has 2 heterocycles. The molecular weight excluding hydrogens is 421 g/mol. The summed E-state index contributed by atoms with van der Waals surface area (Å²) in [4.78, 5) is 10.1. The van der Waals surface area contributed by atoms with Crippen molar-refractivity contribution in [3.63, 3.8) is 0 Å². The van der Waals surface area contributed by atoms with E-state index >= 15 is 0 Å². The van der Waals surface area contributed by atoms with Crippen LogP contribution in [0.2, 0.25) is 0 Å². The minimum Gasteiger partial charge on any atom is -0.453 e. The van der Waals surface area contributed by atoms with Crippen LogP contribution in [-0.4, -0.2) is 21.3 Å². The van der Waals surface area contributed by atoms with E-state index in [-0.39, 0.29) is 17.7 Å². The second kappa shape index (κ2) is 7.24. The molecule has 4 rings (SSSR count). The smallest absolute Gasteiger partial charge is 0.272 e. The van der Waals surface area contributed by atoms with Crippen molar-refractivity contribution in [1.29, 1.82) is 0 Å². The molecule has 0 N–H and O–H groups in total. The molecular formula is C18H15BrFN3O4. The molecule has 1 atom stereocenters. The standard InChI is InChI=1S/C18H15BrFN3O4/c19-13-9-15-11(10-21-22(15)18-3-1-2-6-26-18)7-17(13)27-16-5-4-12(23(24)25)8-14(16)20/h4-5,7-10,18H,1-3,6H2. The molecule has 0 spiro atoms. The van der Waals surface area contributed by atoms with Gasteiger partial charge in [0, 0.05) is 18.1 Å². The van der Waals surface area contributed by atoms with Gasteiger partial charge < -0.3 is 9.47 Å². The van der Waals surface area contributed by atoms with E-state index in [2.05, 4.69) is 21.0 Å². The Hall–Kier alpha value is -2.52. The lowest BCUT2D eigenvalue weighted by molar-refractivity contribution is -0.385. The van der Waals surface area contributed by atoms with Crippen molar-refractivity contribution in [3.8, 4) is 11.5 Å². The van der Waals surface area contributed by atoms with Crippen LogP contribution >= 0.6 is 15.9 Å². The predicted octanol–water partition coefficient (Wildman–Crippen LogP) is 5.34. The molecule has 0 aliphatic carbocycles. The molecule has 140 valence electrons. The molecule has 9 heteroatoms. The molecule has 1 aromatic heterocycles. The summed E-state index contributed by atoms with van der Waals surface area (Å²) in [6.07, 6.45) is 4.66. The first-order chi connectivity index (χ1) is 13.0. The van der Waals surface area contributed by atoms with Gasteiger partial charge in [-0.05, 0) is 53.4 Å². The van der Waals surface area contributed by atoms with Crippen molar-refractivity contribution in [2.75, 3.05) is 6.61 Å².